The van der Waals surface area contributed by atoms with E-state index in [-0.39, 0.29) is 12.0 Å². The number of carbonyl (C=O) groups excluding carboxylic acids is 2. The minimum atomic E-state index is -0.719. The van der Waals surface area contributed by atoms with E-state index in [0.29, 0.717) is 36.0 Å². The molecule has 0 saturated carbocycles. The highest BCUT2D eigenvalue weighted by Gasteiger charge is 2.38. The van der Waals surface area contributed by atoms with E-state index < -0.39 is 23.4 Å². The maximum Gasteiger partial charge on any atom is 0.419 e. The number of aromatic nitrogens is 5. The van der Waals surface area contributed by atoms with Gasteiger partial charge in [0.1, 0.15) is 11.2 Å². The van der Waals surface area contributed by atoms with Crippen molar-refractivity contribution in [3.05, 3.63) is 47.3 Å². The Kier molecular flexibility index (Phi) is 7.76. The lowest BCUT2D eigenvalue weighted by atomic mass is 9.90. The van der Waals surface area contributed by atoms with Gasteiger partial charge in [-0.2, -0.15) is 14.6 Å². The van der Waals surface area contributed by atoms with Crippen molar-refractivity contribution in [2.45, 2.75) is 103 Å². The molecule has 3 heterocycles. The number of carbonyl (C=O) groups is 2. The topological polar surface area (TPSA) is 104 Å². The Labute approximate surface area is 250 Å². The number of amides is 1. The molecular formula is C31H40N6O4S. The predicted octanol–water partition coefficient (Wildman–Crippen LogP) is 7.01. The van der Waals surface area contributed by atoms with Crippen LogP contribution in [0.4, 0.5) is 15.5 Å². The van der Waals surface area contributed by atoms with E-state index in [1.54, 1.807) is 20.2 Å². The summed E-state index contributed by atoms with van der Waals surface area (Å²) in [5.41, 5.74) is 3.01. The monoisotopic (exact) mass is 592 g/mol. The van der Waals surface area contributed by atoms with Crippen molar-refractivity contribution in [2.24, 2.45) is 0 Å². The van der Waals surface area contributed by atoms with E-state index in [1.165, 1.54) is 11.8 Å². The fourth-order valence-electron chi connectivity index (χ4n) is 5.45. The molecule has 42 heavy (non-hydrogen) atoms. The van der Waals surface area contributed by atoms with Gasteiger partial charge in [-0.25, -0.2) is 24.0 Å². The number of rotatable bonds is 4. The molecule has 0 fully saturated rings. The Morgan fingerprint density at radius 3 is 2.38 bits per heavy atom. The third kappa shape index (κ3) is 5.71. The van der Waals surface area contributed by atoms with Gasteiger partial charge in [-0.15, -0.1) is 0 Å². The molecule has 224 valence electrons. The minimum absolute atomic E-state index is 0.186. The Bertz CT molecular complexity index is 1660. The molecule has 10 nitrogen and oxygen atoms in total. The number of nitrogens with zero attached hydrogens (tertiary/aromatic N) is 6. The molecule has 1 aliphatic carbocycles. The summed E-state index contributed by atoms with van der Waals surface area (Å²) in [4.78, 5) is 38.6. The lowest BCUT2D eigenvalue weighted by molar-refractivity contribution is 0.0527. The molecule has 1 atom stereocenters. The molecule has 0 spiro atoms. The molecule has 0 radical (unpaired) electrons. The van der Waals surface area contributed by atoms with Gasteiger partial charge in [0.2, 0.25) is 5.95 Å². The normalized spacial score (nSPS) is 15.7. The van der Waals surface area contributed by atoms with Crippen LogP contribution in [0.2, 0.25) is 0 Å². The first-order chi connectivity index (χ1) is 19.7. The predicted molar refractivity (Wildman–Crippen MR) is 165 cm³/mol. The number of hydrogen-bond acceptors (Lipinski definition) is 8. The quantitative estimate of drug-likeness (QED) is 0.233. The first-order valence-electron chi connectivity index (χ1n) is 14.3. The van der Waals surface area contributed by atoms with E-state index in [4.69, 9.17) is 19.4 Å². The molecule has 0 saturated heterocycles. The van der Waals surface area contributed by atoms with Crippen LogP contribution in [-0.4, -0.2) is 59.8 Å². The van der Waals surface area contributed by atoms with E-state index >= 15 is 0 Å². The maximum absolute atomic E-state index is 14.0. The first-order valence-corrected chi connectivity index (χ1v) is 15.6. The van der Waals surface area contributed by atoms with Gasteiger partial charge < -0.3 is 9.47 Å². The summed E-state index contributed by atoms with van der Waals surface area (Å²) >= 11 is 1.42. The third-order valence-electron chi connectivity index (χ3n) is 7.15. The summed E-state index contributed by atoms with van der Waals surface area (Å²) < 4.78 is 15.1. The standard InChI is InChI=1S/C31H40N6O4S/c1-18(2)22-17-32-37-25(22)33-26(42-9)34-27(37)35(28(38)40-30(3,4)5)19-14-15-24-21(16-19)20-12-10-11-13-23(20)36(24)29(39)41-31(6,7)8/h10-13,17-19H,14-16H2,1-9H3/t19-/m1/s1. The zero-order valence-corrected chi connectivity index (χ0v) is 26.7. The van der Waals surface area contributed by atoms with Crippen molar-refractivity contribution in [2.75, 3.05) is 11.2 Å². The highest BCUT2D eigenvalue weighted by atomic mass is 32.2. The molecule has 0 aliphatic heterocycles. The summed E-state index contributed by atoms with van der Waals surface area (Å²) in [6.45, 7) is 15.3. The van der Waals surface area contributed by atoms with Gasteiger partial charge in [0.25, 0.3) is 0 Å². The van der Waals surface area contributed by atoms with Crippen LogP contribution in [0.3, 0.4) is 0 Å². The van der Waals surface area contributed by atoms with Gasteiger partial charge in [-0.1, -0.05) is 43.8 Å². The highest BCUT2D eigenvalue weighted by Crippen LogP contribution is 2.36. The van der Waals surface area contributed by atoms with E-state index in [1.807, 2.05) is 72.1 Å². The van der Waals surface area contributed by atoms with Crippen LogP contribution in [0, 0.1) is 0 Å². The van der Waals surface area contributed by atoms with Gasteiger partial charge in [0, 0.05) is 22.7 Å². The number of ether oxygens (including phenoxy) is 2. The molecule has 1 aromatic carbocycles. The van der Waals surface area contributed by atoms with Crippen molar-refractivity contribution in [1.29, 1.82) is 0 Å². The van der Waals surface area contributed by atoms with Crippen molar-refractivity contribution in [3.63, 3.8) is 0 Å². The molecule has 11 heteroatoms. The van der Waals surface area contributed by atoms with Crippen molar-refractivity contribution >= 4 is 46.4 Å². The lowest BCUT2D eigenvalue weighted by Gasteiger charge is -2.35. The minimum Gasteiger partial charge on any atom is -0.443 e. The molecular weight excluding hydrogens is 552 g/mol. The average Bonchev–Trinajstić information content (AvgIpc) is 3.46. The second kappa shape index (κ2) is 10.9. The van der Waals surface area contributed by atoms with E-state index in [0.717, 1.165) is 27.7 Å². The second-order valence-corrected chi connectivity index (χ2v) is 13.8. The largest absolute Gasteiger partial charge is 0.443 e. The number of hydrogen-bond donors (Lipinski definition) is 0. The van der Waals surface area contributed by atoms with Crippen molar-refractivity contribution < 1.29 is 19.1 Å². The molecule has 0 unspecified atom stereocenters. The number of benzene rings is 1. The number of thioether (sulfide) groups is 1. The van der Waals surface area contributed by atoms with Gasteiger partial charge in [0.15, 0.2) is 10.8 Å². The van der Waals surface area contributed by atoms with Gasteiger partial charge in [0.05, 0.1) is 11.7 Å². The number of para-hydroxylation sites is 1. The van der Waals surface area contributed by atoms with Crippen LogP contribution >= 0.6 is 11.8 Å². The van der Waals surface area contributed by atoms with Crippen LogP contribution in [0.15, 0.2) is 35.6 Å². The SMILES string of the molecule is CSc1nc(N(C(=O)OC(C)(C)C)[C@@H]2CCc3c(c4ccccc4n3C(=O)OC(C)(C)C)C2)n2ncc(C(C)C)c2n1. The zero-order valence-electron chi connectivity index (χ0n) is 25.9. The van der Waals surface area contributed by atoms with Gasteiger partial charge in [-0.3, -0.25) is 0 Å². The molecule has 5 rings (SSSR count). The summed E-state index contributed by atoms with van der Waals surface area (Å²) in [6.07, 6.45) is 4.46. The first kappa shape index (κ1) is 29.9. The van der Waals surface area contributed by atoms with Crippen molar-refractivity contribution in [1.82, 2.24) is 24.1 Å². The second-order valence-electron chi connectivity index (χ2n) is 13.0. The fourth-order valence-corrected chi connectivity index (χ4v) is 5.80. The summed E-state index contributed by atoms with van der Waals surface area (Å²) in [7, 11) is 0. The van der Waals surface area contributed by atoms with E-state index in [9.17, 15) is 9.59 Å². The molecule has 3 aromatic heterocycles. The Morgan fingerprint density at radius 1 is 1.05 bits per heavy atom. The molecule has 4 aromatic rings. The number of anilines is 1. The molecule has 1 aliphatic rings. The Morgan fingerprint density at radius 2 is 1.74 bits per heavy atom. The van der Waals surface area contributed by atoms with Crippen LogP contribution in [0.5, 0.6) is 0 Å². The summed E-state index contributed by atoms with van der Waals surface area (Å²) in [5.74, 6) is 0.556. The molecule has 1 amide bonds. The Balaban J connectivity index is 1.65. The van der Waals surface area contributed by atoms with Gasteiger partial charge >= 0.3 is 12.2 Å². The maximum atomic E-state index is 14.0. The molecule has 0 bridgehead atoms. The van der Waals surface area contributed by atoms with Crippen LogP contribution in [0.1, 0.15) is 84.5 Å². The summed E-state index contributed by atoms with van der Waals surface area (Å²) in [6, 6.07) is 7.54. The smallest absolute Gasteiger partial charge is 0.419 e. The molecule has 0 N–H and O–H groups in total. The van der Waals surface area contributed by atoms with Crippen LogP contribution < -0.4 is 4.90 Å². The summed E-state index contributed by atoms with van der Waals surface area (Å²) in [5, 5.41) is 6.14. The number of fused-ring (bicyclic) bond motifs is 4. The Hall–Kier alpha value is -3.60. The third-order valence-corrected chi connectivity index (χ3v) is 7.70. The van der Waals surface area contributed by atoms with Gasteiger partial charge in [-0.05, 0) is 84.6 Å². The fraction of sp³-hybridized carbons (Fsp3) is 0.516. The lowest BCUT2D eigenvalue weighted by Crippen LogP contribution is -2.47. The average molecular weight is 593 g/mol. The van der Waals surface area contributed by atoms with Crippen LogP contribution in [-0.2, 0) is 22.3 Å². The van der Waals surface area contributed by atoms with Crippen LogP contribution in [0.25, 0.3) is 16.6 Å². The van der Waals surface area contributed by atoms with Crippen molar-refractivity contribution in [3.8, 4) is 0 Å². The van der Waals surface area contributed by atoms with E-state index in [2.05, 4.69) is 18.9 Å². The zero-order chi connectivity index (χ0) is 30.6. The highest BCUT2D eigenvalue weighted by molar-refractivity contribution is 7.98.